The molecular weight excluding hydrogens is 328 g/mol. The highest BCUT2D eigenvalue weighted by Crippen LogP contribution is 2.34. The Kier molecular flexibility index (Phi) is 4.35. The van der Waals surface area contributed by atoms with Gasteiger partial charge in [-0.2, -0.15) is 0 Å². The SMILES string of the molecule is Cc1cccc(N2C(=O)C[C@H](Sc3ncccc3C(=O)[O-])C2=O)c1. The maximum absolute atomic E-state index is 12.6. The lowest BCUT2D eigenvalue weighted by atomic mass is 10.2. The van der Waals surface area contributed by atoms with Gasteiger partial charge in [-0.25, -0.2) is 9.88 Å². The summed E-state index contributed by atoms with van der Waals surface area (Å²) in [5.74, 6) is -2.04. The number of carboxylic acids is 1. The van der Waals surface area contributed by atoms with Gasteiger partial charge in [-0.05, 0) is 36.8 Å². The predicted molar refractivity (Wildman–Crippen MR) is 86.5 cm³/mol. The number of hydrogen-bond acceptors (Lipinski definition) is 6. The van der Waals surface area contributed by atoms with Crippen molar-refractivity contribution in [3.63, 3.8) is 0 Å². The summed E-state index contributed by atoms with van der Waals surface area (Å²) in [5.41, 5.74) is 1.37. The van der Waals surface area contributed by atoms with Gasteiger partial charge in [0.15, 0.2) is 0 Å². The van der Waals surface area contributed by atoms with E-state index in [9.17, 15) is 19.5 Å². The first kappa shape index (κ1) is 16.2. The lowest BCUT2D eigenvalue weighted by molar-refractivity contribution is -0.255. The van der Waals surface area contributed by atoms with Gasteiger partial charge in [-0.15, -0.1) is 0 Å². The lowest BCUT2D eigenvalue weighted by Gasteiger charge is -2.16. The first-order valence-electron chi connectivity index (χ1n) is 7.24. The third-order valence-electron chi connectivity index (χ3n) is 3.61. The summed E-state index contributed by atoms with van der Waals surface area (Å²) < 4.78 is 0. The van der Waals surface area contributed by atoms with Crippen LogP contribution in [0.25, 0.3) is 0 Å². The van der Waals surface area contributed by atoms with E-state index in [1.165, 1.54) is 18.3 Å². The Hall–Kier alpha value is -2.67. The number of aromatic nitrogens is 1. The van der Waals surface area contributed by atoms with E-state index in [-0.39, 0.29) is 28.8 Å². The van der Waals surface area contributed by atoms with Crippen molar-refractivity contribution in [2.45, 2.75) is 23.6 Å². The molecule has 0 bridgehead atoms. The Balaban J connectivity index is 1.86. The third kappa shape index (κ3) is 3.03. The van der Waals surface area contributed by atoms with Crippen molar-refractivity contribution < 1.29 is 19.5 Å². The highest BCUT2D eigenvalue weighted by atomic mass is 32.2. The summed E-state index contributed by atoms with van der Waals surface area (Å²) in [5, 5.41) is 10.6. The first-order chi connectivity index (χ1) is 11.5. The molecule has 2 amide bonds. The van der Waals surface area contributed by atoms with E-state index in [0.717, 1.165) is 22.2 Å². The van der Waals surface area contributed by atoms with Gasteiger partial charge in [-0.3, -0.25) is 9.59 Å². The second-order valence-electron chi connectivity index (χ2n) is 5.36. The van der Waals surface area contributed by atoms with Crippen LogP contribution in [-0.4, -0.2) is 28.0 Å². The number of aromatic carboxylic acids is 1. The molecule has 122 valence electrons. The molecule has 2 heterocycles. The zero-order valence-electron chi connectivity index (χ0n) is 12.8. The van der Waals surface area contributed by atoms with Gasteiger partial charge >= 0.3 is 0 Å². The molecule has 3 rings (SSSR count). The van der Waals surface area contributed by atoms with E-state index in [4.69, 9.17) is 0 Å². The number of benzene rings is 1. The van der Waals surface area contributed by atoms with Crippen LogP contribution >= 0.6 is 11.8 Å². The van der Waals surface area contributed by atoms with E-state index < -0.39 is 11.2 Å². The molecule has 0 N–H and O–H groups in total. The van der Waals surface area contributed by atoms with E-state index in [1.54, 1.807) is 18.2 Å². The number of aryl methyl sites for hydroxylation is 1. The molecule has 1 aromatic heterocycles. The molecule has 1 aromatic carbocycles. The summed E-state index contributed by atoms with van der Waals surface area (Å²) in [6, 6.07) is 9.96. The van der Waals surface area contributed by atoms with Crippen molar-refractivity contribution >= 4 is 35.2 Å². The van der Waals surface area contributed by atoms with E-state index in [0.29, 0.717) is 5.69 Å². The van der Waals surface area contributed by atoms with E-state index in [2.05, 4.69) is 4.98 Å². The van der Waals surface area contributed by atoms with Crippen molar-refractivity contribution in [1.29, 1.82) is 0 Å². The van der Waals surface area contributed by atoms with E-state index >= 15 is 0 Å². The van der Waals surface area contributed by atoms with Crippen LogP contribution in [0, 0.1) is 6.92 Å². The highest BCUT2D eigenvalue weighted by molar-refractivity contribution is 8.00. The smallest absolute Gasteiger partial charge is 0.247 e. The number of carbonyl (C=O) groups excluding carboxylic acids is 3. The normalized spacial score (nSPS) is 17.4. The molecule has 0 saturated carbocycles. The molecule has 6 nitrogen and oxygen atoms in total. The standard InChI is InChI=1S/C17H14N2O4S/c1-10-4-2-5-11(8-10)19-14(20)9-13(16(19)21)24-15-12(17(22)23)6-3-7-18-15/h2-8,13H,9H2,1H3,(H,22,23)/p-1/t13-/m0/s1. The maximum Gasteiger partial charge on any atom is 0.247 e. The number of hydrogen-bond donors (Lipinski definition) is 0. The number of amides is 2. The average molecular weight is 341 g/mol. The fourth-order valence-electron chi connectivity index (χ4n) is 2.51. The highest BCUT2D eigenvalue weighted by Gasteiger charge is 2.40. The molecule has 24 heavy (non-hydrogen) atoms. The van der Waals surface area contributed by atoms with Crippen molar-refractivity contribution in [3.8, 4) is 0 Å². The molecule has 1 atom stereocenters. The molecule has 1 aliphatic heterocycles. The third-order valence-corrected chi connectivity index (χ3v) is 4.81. The molecular formula is C17H13N2O4S-. The number of nitrogens with zero attached hydrogens (tertiary/aromatic N) is 2. The lowest BCUT2D eigenvalue weighted by Crippen LogP contribution is -2.31. The van der Waals surface area contributed by atoms with E-state index in [1.807, 2.05) is 13.0 Å². The van der Waals surface area contributed by atoms with Gasteiger partial charge in [0, 0.05) is 18.2 Å². The molecule has 1 fully saturated rings. The minimum atomic E-state index is -1.36. The minimum absolute atomic E-state index is 0.000500. The molecule has 7 heteroatoms. The quantitative estimate of drug-likeness (QED) is 0.776. The van der Waals surface area contributed by atoms with Crippen LogP contribution in [0.5, 0.6) is 0 Å². The summed E-state index contributed by atoms with van der Waals surface area (Å²) in [6.45, 7) is 1.88. The number of rotatable bonds is 4. The Morgan fingerprint density at radius 1 is 1.29 bits per heavy atom. The molecule has 0 spiro atoms. The van der Waals surface area contributed by atoms with Gasteiger partial charge in [0.05, 0.1) is 16.9 Å². The van der Waals surface area contributed by atoms with Crippen LogP contribution in [-0.2, 0) is 9.59 Å². The van der Waals surface area contributed by atoms with Crippen molar-refractivity contribution in [2.24, 2.45) is 0 Å². The number of thioether (sulfide) groups is 1. The molecule has 2 aromatic rings. The molecule has 0 radical (unpaired) electrons. The maximum atomic E-state index is 12.6. The number of carboxylic acid groups (broad SMARTS) is 1. The van der Waals surface area contributed by atoms with Crippen LogP contribution in [0.1, 0.15) is 22.3 Å². The number of imide groups is 1. The topological polar surface area (TPSA) is 90.4 Å². The van der Waals surface area contributed by atoms with Crippen LogP contribution in [0.3, 0.4) is 0 Å². The van der Waals surface area contributed by atoms with Gasteiger partial charge < -0.3 is 9.90 Å². The Morgan fingerprint density at radius 2 is 2.08 bits per heavy atom. The van der Waals surface area contributed by atoms with Crippen molar-refractivity contribution in [1.82, 2.24) is 4.98 Å². The predicted octanol–water partition coefficient (Wildman–Crippen LogP) is 1.18. The van der Waals surface area contributed by atoms with Gasteiger partial charge in [0.2, 0.25) is 11.8 Å². The Labute approximate surface area is 142 Å². The molecule has 0 unspecified atom stereocenters. The largest absolute Gasteiger partial charge is 0.545 e. The van der Waals surface area contributed by atoms with Crippen molar-refractivity contribution in [3.05, 3.63) is 53.7 Å². The number of carbonyl (C=O) groups is 3. The summed E-state index contributed by atoms with van der Waals surface area (Å²) in [7, 11) is 0. The Bertz CT molecular complexity index is 837. The van der Waals surface area contributed by atoms with Gasteiger partial charge in [-0.1, -0.05) is 23.9 Å². The van der Waals surface area contributed by atoms with Gasteiger partial charge in [0.1, 0.15) is 5.03 Å². The summed E-state index contributed by atoms with van der Waals surface area (Å²) in [4.78, 5) is 41.1. The van der Waals surface area contributed by atoms with Crippen LogP contribution in [0.4, 0.5) is 5.69 Å². The van der Waals surface area contributed by atoms with Crippen LogP contribution in [0.15, 0.2) is 47.6 Å². The average Bonchev–Trinajstić information content (AvgIpc) is 2.81. The zero-order valence-corrected chi connectivity index (χ0v) is 13.6. The zero-order chi connectivity index (χ0) is 17.3. The van der Waals surface area contributed by atoms with Crippen molar-refractivity contribution in [2.75, 3.05) is 4.90 Å². The first-order valence-corrected chi connectivity index (χ1v) is 8.12. The Morgan fingerprint density at radius 3 is 2.79 bits per heavy atom. The summed E-state index contributed by atoms with van der Waals surface area (Å²) in [6.07, 6.45) is 1.44. The fourth-order valence-corrected chi connectivity index (χ4v) is 3.61. The summed E-state index contributed by atoms with van der Waals surface area (Å²) >= 11 is 0.977. The second-order valence-corrected chi connectivity index (χ2v) is 6.55. The second kappa shape index (κ2) is 6.45. The molecule has 0 aliphatic carbocycles. The van der Waals surface area contributed by atoms with Gasteiger partial charge in [0.25, 0.3) is 0 Å². The molecule has 1 aliphatic rings. The number of anilines is 1. The number of pyridine rings is 1. The van der Waals surface area contributed by atoms with Crippen LogP contribution < -0.4 is 10.0 Å². The molecule has 1 saturated heterocycles. The monoisotopic (exact) mass is 341 g/mol. The minimum Gasteiger partial charge on any atom is -0.545 e. The van der Waals surface area contributed by atoms with Crippen LogP contribution in [0.2, 0.25) is 0 Å². The fraction of sp³-hybridized carbons (Fsp3) is 0.176.